The van der Waals surface area contributed by atoms with Crippen LogP contribution in [0, 0.1) is 0 Å². The number of carboxylic acids is 1. The van der Waals surface area contributed by atoms with Crippen molar-refractivity contribution in [2.45, 2.75) is 26.5 Å². The molecule has 2 rings (SSSR count). The van der Waals surface area contributed by atoms with Crippen LogP contribution in [-0.4, -0.2) is 34.0 Å². The van der Waals surface area contributed by atoms with Crippen LogP contribution in [-0.2, 0) is 17.9 Å². The molecule has 0 spiro atoms. The molecule has 0 bridgehead atoms. The molecule has 2 aromatic rings. The Kier molecular flexibility index (Phi) is 6.56. The third-order valence-corrected chi connectivity index (χ3v) is 3.32. The van der Waals surface area contributed by atoms with Crippen molar-refractivity contribution >= 4 is 5.97 Å². The van der Waals surface area contributed by atoms with Gasteiger partial charge in [-0.15, -0.1) is 0 Å². The maximum absolute atomic E-state index is 10.9. The molecule has 0 saturated carbocycles. The molecule has 0 fully saturated rings. The lowest BCUT2D eigenvalue weighted by molar-refractivity contribution is -0.138. The molecule has 1 aromatic heterocycles. The Bertz CT molecular complexity index is 617. The second-order valence-corrected chi connectivity index (χ2v) is 5.41. The van der Waals surface area contributed by atoms with Gasteiger partial charge in [0.25, 0.3) is 0 Å². The summed E-state index contributed by atoms with van der Waals surface area (Å²) in [5.74, 6) is -0.124. The molecule has 1 aromatic carbocycles. The lowest BCUT2D eigenvalue weighted by atomic mass is 10.2. The smallest absolute Gasteiger partial charge is 0.317 e. The van der Waals surface area contributed by atoms with Crippen molar-refractivity contribution in [3.05, 3.63) is 59.9 Å². The van der Waals surface area contributed by atoms with Crippen LogP contribution in [0.25, 0.3) is 0 Å². The minimum absolute atomic E-state index is 0.0307. The van der Waals surface area contributed by atoms with Gasteiger partial charge in [0.1, 0.15) is 12.4 Å². The average Bonchev–Trinajstić information content (AvgIpc) is 2.54. The minimum atomic E-state index is -0.817. The first-order valence-corrected chi connectivity index (χ1v) is 7.72. The number of aliphatic carboxylic acids is 1. The average molecular weight is 314 g/mol. The highest BCUT2D eigenvalue weighted by atomic mass is 16.5. The van der Waals surface area contributed by atoms with Crippen molar-refractivity contribution in [2.24, 2.45) is 0 Å². The minimum Gasteiger partial charge on any atom is -0.487 e. The van der Waals surface area contributed by atoms with Crippen LogP contribution >= 0.6 is 0 Å². The molecule has 0 saturated heterocycles. The van der Waals surface area contributed by atoms with Crippen LogP contribution in [0.3, 0.4) is 0 Å². The number of pyridine rings is 1. The van der Waals surface area contributed by atoms with E-state index in [1.165, 1.54) is 0 Å². The number of carbonyl (C=O) groups is 1. The van der Waals surface area contributed by atoms with Crippen molar-refractivity contribution in [3.8, 4) is 5.75 Å². The number of aromatic nitrogens is 1. The van der Waals surface area contributed by atoms with Crippen LogP contribution in [0.5, 0.6) is 5.75 Å². The standard InChI is InChI=1S/C18H22N2O3/c1-2-8-20(13-18(21)22)12-16-9-17(11-19-10-16)23-14-15-6-4-3-5-7-15/h3-7,9-11H,2,8,12-14H2,1H3,(H,21,22). The fourth-order valence-corrected chi connectivity index (χ4v) is 2.35. The molecular weight excluding hydrogens is 292 g/mol. The van der Waals surface area contributed by atoms with Crippen LogP contribution in [0.2, 0.25) is 0 Å². The van der Waals surface area contributed by atoms with Gasteiger partial charge >= 0.3 is 5.97 Å². The van der Waals surface area contributed by atoms with Gasteiger partial charge in [-0.05, 0) is 30.2 Å². The van der Waals surface area contributed by atoms with Gasteiger partial charge in [-0.2, -0.15) is 0 Å². The molecule has 5 heteroatoms. The Morgan fingerprint density at radius 3 is 2.70 bits per heavy atom. The number of rotatable bonds is 9. The molecule has 0 unspecified atom stereocenters. The summed E-state index contributed by atoms with van der Waals surface area (Å²) in [6, 6.07) is 11.8. The van der Waals surface area contributed by atoms with Gasteiger partial charge in [0, 0.05) is 12.7 Å². The maximum Gasteiger partial charge on any atom is 0.317 e. The van der Waals surface area contributed by atoms with Gasteiger partial charge < -0.3 is 9.84 Å². The van der Waals surface area contributed by atoms with E-state index in [4.69, 9.17) is 9.84 Å². The topological polar surface area (TPSA) is 62.7 Å². The third kappa shape index (κ3) is 6.08. The third-order valence-electron chi connectivity index (χ3n) is 3.32. The number of benzene rings is 1. The van der Waals surface area contributed by atoms with Crippen molar-refractivity contribution in [1.82, 2.24) is 9.88 Å². The fourth-order valence-electron chi connectivity index (χ4n) is 2.35. The molecule has 0 amide bonds. The number of ether oxygens (including phenoxy) is 1. The monoisotopic (exact) mass is 314 g/mol. The zero-order chi connectivity index (χ0) is 16.5. The molecule has 1 N–H and O–H groups in total. The van der Waals surface area contributed by atoms with Crippen LogP contribution < -0.4 is 4.74 Å². The van der Waals surface area contributed by atoms with Crippen LogP contribution in [0.1, 0.15) is 24.5 Å². The lowest BCUT2D eigenvalue weighted by Gasteiger charge is -2.19. The van der Waals surface area contributed by atoms with Crippen LogP contribution in [0.4, 0.5) is 0 Å². The molecule has 122 valence electrons. The largest absolute Gasteiger partial charge is 0.487 e. The molecule has 23 heavy (non-hydrogen) atoms. The van der Waals surface area contributed by atoms with Gasteiger partial charge in [-0.3, -0.25) is 14.7 Å². The molecule has 1 heterocycles. The fraction of sp³-hybridized carbons (Fsp3) is 0.333. The van der Waals surface area contributed by atoms with E-state index in [1.54, 1.807) is 12.4 Å². The van der Waals surface area contributed by atoms with E-state index < -0.39 is 5.97 Å². The van der Waals surface area contributed by atoms with E-state index in [2.05, 4.69) is 4.98 Å². The molecule has 0 aliphatic heterocycles. The highest BCUT2D eigenvalue weighted by Crippen LogP contribution is 2.15. The second-order valence-electron chi connectivity index (χ2n) is 5.41. The number of nitrogens with zero attached hydrogens (tertiary/aromatic N) is 2. The summed E-state index contributed by atoms with van der Waals surface area (Å²) in [7, 11) is 0. The second kappa shape index (κ2) is 8.90. The van der Waals surface area contributed by atoms with E-state index in [0.29, 0.717) is 18.9 Å². The van der Waals surface area contributed by atoms with Crippen molar-refractivity contribution in [1.29, 1.82) is 0 Å². The SMILES string of the molecule is CCCN(CC(=O)O)Cc1cncc(OCc2ccccc2)c1. The Labute approximate surface area is 136 Å². The molecule has 5 nitrogen and oxygen atoms in total. The van der Waals surface area contributed by atoms with Crippen molar-refractivity contribution in [2.75, 3.05) is 13.1 Å². The molecule has 0 atom stereocenters. The first kappa shape index (κ1) is 17.0. The van der Waals surface area contributed by atoms with E-state index in [-0.39, 0.29) is 6.54 Å². The predicted molar refractivity (Wildman–Crippen MR) is 88.2 cm³/mol. The van der Waals surface area contributed by atoms with Gasteiger partial charge in [-0.25, -0.2) is 0 Å². The Morgan fingerprint density at radius 2 is 2.00 bits per heavy atom. The number of hydrogen-bond acceptors (Lipinski definition) is 4. The Morgan fingerprint density at radius 1 is 1.22 bits per heavy atom. The lowest BCUT2D eigenvalue weighted by Crippen LogP contribution is -2.30. The number of carboxylic acid groups (broad SMARTS) is 1. The van der Waals surface area contributed by atoms with Crippen LogP contribution in [0.15, 0.2) is 48.8 Å². The highest BCUT2D eigenvalue weighted by Gasteiger charge is 2.10. The molecule has 0 aliphatic carbocycles. The van der Waals surface area contributed by atoms with Gasteiger partial charge in [0.2, 0.25) is 0 Å². The van der Waals surface area contributed by atoms with Gasteiger partial charge in [-0.1, -0.05) is 37.3 Å². The zero-order valence-electron chi connectivity index (χ0n) is 13.3. The number of hydrogen-bond donors (Lipinski definition) is 1. The molecular formula is C18H22N2O3. The Hall–Kier alpha value is -2.40. The van der Waals surface area contributed by atoms with Crippen molar-refractivity contribution < 1.29 is 14.6 Å². The summed E-state index contributed by atoms with van der Waals surface area (Å²) in [5.41, 5.74) is 2.04. The zero-order valence-corrected chi connectivity index (χ0v) is 13.3. The van der Waals surface area contributed by atoms with Crippen molar-refractivity contribution in [3.63, 3.8) is 0 Å². The van der Waals surface area contributed by atoms with E-state index >= 15 is 0 Å². The van der Waals surface area contributed by atoms with E-state index in [1.807, 2.05) is 48.2 Å². The summed E-state index contributed by atoms with van der Waals surface area (Å²) in [6.07, 6.45) is 4.33. The van der Waals surface area contributed by atoms with Gasteiger partial charge in [0.05, 0.1) is 12.7 Å². The maximum atomic E-state index is 10.9. The molecule has 0 radical (unpaired) electrons. The summed E-state index contributed by atoms with van der Waals surface area (Å²) < 4.78 is 5.76. The van der Waals surface area contributed by atoms with Gasteiger partial charge in [0.15, 0.2) is 0 Å². The quantitative estimate of drug-likeness (QED) is 0.771. The summed E-state index contributed by atoms with van der Waals surface area (Å²) in [4.78, 5) is 17.0. The van der Waals surface area contributed by atoms with E-state index in [0.717, 1.165) is 24.1 Å². The first-order valence-electron chi connectivity index (χ1n) is 7.72. The molecule has 0 aliphatic rings. The first-order chi connectivity index (χ1) is 11.2. The summed E-state index contributed by atoms with van der Waals surface area (Å²) in [6.45, 7) is 3.84. The van der Waals surface area contributed by atoms with E-state index in [9.17, 15) is 4.79 Å². The summed E-state index contributed by atoms with van der Waals surface area (Å²) in [5, 5.41) is 8.97. The predicted octanol–water partition coefficient (Wildman–Crippen LogP) is 2.96. The summed E-state index contributed by atoms with van der Waals surface area (Å²) >= 11 is 0. The highest BCUT2D eigenvalue weighted by molar-refractivity contribution is 5.69. The Balaban J connectivity index is 1.96. The normalized spacial score (nSPS) is 10.7.